The van der Waals surface area contributed by atoms with Gasteiger partial charge in [-0.15, -0.1) is 24.0 Å². The van der Waals surface area contributed by atoms with E-state index in [0.29, 0.717) is 25.0 Å². The lowest BCUT2D eigenvalue weighted by atomic mass is 9.95. The topological polar surface area (TPSA) is 68.8 Å². The summed E-state index contributed by atoms with van der Waals surface area (Å²) in [5, 5.41) is 9.90. The Morgan fingerprint density at radius 1 is 1.07 bits per heavy atom. The summed E-state index contributed by atoms with van der Waals surface area (Å²) in [6, 6.07) is 11.6. The van der Waals surface area contributed by atoms with Gasteiger partial charge >= 0.3 is 0 Å². The summed E-state index contributed by atoms with van der Waals surface area (Å²) in [6.07, 6.45) is 8.98. The van der Waals surface area contributed by atoms with Gasteiger partial charge < -0.3 is 16.0 Å². The summed E-state index contributed by atoms with van der Waals surface area (Å²) in [6.45, 7) is 3.63. The Kier molecular flexibility index (Phi) is 11.5. The van der Waals surface area contributed by atoms with Gasteiger partial charge in [0.1, 0.15) is 0 Å². The second-order valence-electron chi connectivity index (χ2n) is 8.28. The number of carbonyl (C=O) groups excluding carboxylic acids is 1. The molecule has 0 spiro atoms. The molecule has 1 amide bonds. The minimum absolute atomic E-state index is 0. The predicted octanol–water partition coefficient (Wildman–Crippen LogP) is 3.27. The fourth-order valence-corrected chi connectivity index (χ4v) is 4.43. The van der Waals surface area contributed by atoms with Gasteiger partial charge in [-0.25, -0.2) is 0 Å². The maximum absolute atomic E-state index is 12.1. The first-order chi connectivity index (χ1) is 14.2. The second kappa shape index (κ2) is 13.9. The average molecular weight is 527 g/mol. The monoisotopic (exact) mass is 527 g/mol. The van der Waals surface area contributed by atoms with Crippen LogP contribution in [0, 0.1) is 0 Å². The number of benzene rings is 1. The summed E-state index contributed by atoms with van der Waals surface area (Å²) >= 11 is 0. The van der Waals surface area contributed by atoms with Gasteiger partial charge in [-0.05, 0) is 37.8 Å². The molecule has 1 saturated heterocycles. The van der Waals surface area contributed by atoms with Crippen LogP contribution in [0.2, 0.25) is 0 Å². The SMILES string of the molecule is CN=C(NCCC(=O)NC1CCCCC1)NCC1CCCN1Cc1ccccc1.I. The van der Waals surface area contributed by atoms with Crippen molar-refractivity contribution >= 4 is 35.8 Å². The predicted molar refractivity (Wildman–Crippen MR) is 134 cm³/mol. The molecule has 0 radical (unpaired) electrons. The highest BCUT2D eigenvalue weighted by Gasteiger charge is 2.24. The zero-order chi connectivity index (χ0) is 20.3. The number of likely N-dealkylation sites (tertiary alicyclic amines) is 1. The fourth-order valence-electron chi connectivity index (χ4n) is 4.43. The molecule has 1 aliphatic carbocycles. The Bertz CT molecular complexity index is 648. The number of hydrogen-bond donors (Lipinski definition) is 3. The van der Waals surface area contributed by atoms with E-state index >= 15 is 0 Å². The van der Waals surface area contributed by atoms with Gasteiger partial charge in [0.25, 0.3) is 0 Å². The molecular formula is C23H38IN5O. The Morgan fingerprint density at radius 2 is 1.83 bits per heavy atom. The van der Waals surface area contributed by atoms with Crippen molar-refractivity contribution in [1.29, 1.82) is 0 Å². The molecule has 3 rings (SSSR count). The van der Waals surface area contributed by atoms with Crippen LogP contribution in [0.4, 0.5) is 0 Å². The van der Waals surface area contributed by atoms with Crippen molar-refractivity contribution in [2.24, 2.45) is 4.99 Å². The molecule has 168 valence electrons. The molecule has 1 heterocycles. The Balaban J connectivity index is 0.00000320. The molecule has 1 unspecified atom stereocenters. The number of rotatable bonds is 8. The standard InChI is InChI=1S/C23H37N5O.HI/c1-24-23(25-15-14-22(29)27-20-11-6-3-7-12-20)26-17-21-13-8-16-28(21)18-19-9-4-2-5-10-19;/h2,4-5,9-10,20-21H,3,6-8,11-18H2,1H3,(H,27,29)(H2,24,25,26);1H. The highest BCUT2D eigenvalue weighted by Crippen LogP contribution is 2.19. The van der Waals surface area contributed by atoms with Crippen molar-refractivity contribution in [2.75, 3.05) is 26.7 Å². The van der Waals surface area contributed by atoms with E-state index in [4.69, 9.17) is 0 Å². The number of guanidine groups is 1. The van der Waals surface area contributed by atoms with Gasteiger partial charge in [-0.2, -0.15) is 0 Å². The molecule has 30 heavy (non-hydrogen) atoms. The molecule has 1 aromatic carbocycles. The van der Waals surface area contributed by atoms with Gasteiger partial charge in [0.2, 0.25) is 5.91 Å². The van der Waals surface area contributed by atoms with Gasteiger partial charge in [0.05, 0.1) is 0 Å². The maximum Gasteiger partial charge on any atom is 0.221 e. The third-order valence-electron chi connectivity index (χ3n) is 6.07. The lowest BCUT2D eigenvalue weighted by molar-refractivity contribution is -0.121. The van der Waals surface area contributed by atoms with E-state index in [1.54, 1.807) is 7.05 Å². The Hall–Kier alpha value is -1.35. The van der Waals surface area contributed by atoms with Crippen LogP contribution in [0.15, 0.2) is 35.3 Å². The number of hydrogen-bond acceptors (Lipinski definition) is 3. The molecule has 1 aromatic rings. The van der Waals surface area contributed by atoms with Gasteiger partial charge in [0.15, 0.2) is 5.96 Å². The largest absolute Gasteiger partial charge is 0.356 e. The molecule has 1 aliphatic heterocycles. The van der Waals surface area contributed by atoms with Crippen LogP contribution < -0.4 is 16.0 Å². The molecule has 2 aliphatic rings. The van der Waals surface area contributed by atoms with Crippen LogP contribution in [-0.2, 0) is 11.3 Å². The Morgan fingerprint density at radius 3 is 2.57 bits per heavy atom. The van der Waals surface area contributed by atoms with Crippen molar-refractivity contribution in [1.82, 2.24) is 20.9 Å². The van der Waals surface area contributed by atoms with E-state index in [1.807, 2.05) is 0 Å². The highest BCUT2D eigenvalue weighted by atomic mass is 127. The van der Waals surface area contributed by atoms with Gasteiger partial charge in [0, 0.05) is 45.2 Å². The van der Waals surface area contributed by atoms with E-state index in [1.165, 1.54) is 37.7 Å². The third kappa shape index (κ3) is 8.41. The number of nitrogens with zero attached hydrogens (tertiary/aromatic N) is 2. The van der Waals surface area contributed by atoms with Crippen LogP contribution >= 0.6 is 24.0 Å². The molecule has 1 saturated carbocycles. The van der Waals surface area contributed by atoms with Crippen molar-refractivity contribution in [3.05, 3.63) is 35.9 Å². The highest BCUT2D eigenvalue weighted by molar-refractivity contribution is 14.0. The zero-order valence-corrected chi connectivity index (χ0v) is 20.6. The van der Waals surface area contributed by atoms with Crippen LogP contribution in [0.25, 0.3) is 0 Å². The van der Waals surface area contributed by atoms with Gasteiger partial charge in [-0.3, -0.25) is 14.7 Å². The smallest absolute Gasteiger partial charge is 0.221 e. The summed E-state index contributed by atoms with van der Waals surface area (Å²) in [7, 11) is 1.79. The van der Waals surface area contributed by atoms with Crippen molar-refractivity contribution in [3.8, 4) is 0 Å². The van der Waals surface area contributed by atoms with E-state index in [-0.39, 0.29) is 29.9 Å². The first-order valence-corrected chi connectivity index (χ1v) is 11.3. The number of nitrogens with one attached hydrogen (secondary N) is 3. The lowest BCUT2D eigenvalue weighted by Crippen LogP contribution is -2.45. The number of aliphatic imine (C=N–C) groups is 1. The van der Waals surface area contributed by atoms with Crippen molar-refractivity contribution in [2.45, 2.75) is 70.0 Å². The average Bonchev–Trinajstić information content (AvgIpc) is 3.19. The normalized spacial score (nSPS) is 20.4. The number of amides is 1. The zero-order valence-electron chi connectivity index (χ0n) is 18.2. The van der Waals surface area contributed by atoms with Crippen LogP contribution in [-0.4, -0.2) is 55.5 Å². The number of carbonyl (C=O) groups is 1. The summed E-state index contributed by atoms with van der Waals surface area (Å²) in [4.78, 5) is 19.0. The van der Waals surface area contributed by atoms with Crippen LogP contribution in [0.1, 0.15) is 56.9 Å². The van der Waals surface area contributed by atoms with Crippen molar-refractivity contribution < 1.29 is 4.79 Å². The Labute approximate surface area is 198 Å². The van der Waals surface area contributed by atoms with Crippen LogP contribution in [0.5, 0.6) is 0 Å². The second-order valence-corrected chi connectivity index (χ2v) is 8.28. The minimum atomic E-state index is 0. The van der Waals surface area contributed by atoms with E-state index < -0.39 is 0 Å². The third-order valence-corrected chi connectivity index (χ3v) is 6.07. The quantitative estimate of drug-likeness (QED) is 0.276. The summed E-state index contributed by atoms with van der Waals surface area (Å²) < 4.78 is 0. The van der Waals surface area contributed by atoms with Crippen molar-refractivity contribution in [3.63, 3.8) is 0 Å². The molecule has 7 heteroatoms. The van der Waals surface area contributed by atoms with Gasteiger partial charge in [-0.1, -0.05) is 49.6 Å². The lowest BCUT2D eigenvalue weighted by Gasteiger charge is -2.25. The molecule has 2 fully saturated rings. The van der Waals surface area contributed by atoms with E-state index in [2.05, 4.69) is 56.2 Å². The molecule has 3 N–H and O–H groups in total. The molecule has 0 bridgehead atoms. The molecule has 6 nitrogen and oxygen atoms in total. The molecule has 1 atom stereocenters. The maximum atomic E-state index is 12.1. The summed E-state index contributed by atoms with van der Waals surface area (Å²) in [5.41, 5.74) is 1.37. The molecular weight excluding hydrogens is 489 g/mol. The summed E-state index contributed by atoms with van der Waals surface area (Å²) in [5.74, 6) is 0.923. The fraction of sp³-hybridized carbons (Fsp3) is 0.652. The van der Waals surface area contributed by atoms with Crippen LogP contribution in [0.3, 0.4) is 0 Å². The van der Waals surface area contributed by atoms with E-state index in [0.717, 1.165) is 38.4 Å². The molecule has 0 aromatic heterocycles. The minimum Gasteiger partial charge on any atom is -0.356 e. The van der Waals surface area contributed by atoms with E-state index in [9.17, 15) is 4.79 Å². The number of halogens is 1. The first kappa shape index (κ1) is 24.9. The first-order valence-electron chi connectivity index (χ1n) is 11.3.